The van der Waals surface area contributed by atoms with Crippen molar-refractivity contribution in [3.8, 4) is 16.9 Å². The summed E-state index contributed by atoms with van der Waals surface area (Å²) in [7, 11) is 0. The summed E-state index contributed by atoms with van der Waals surface area (Å²) in [6.45, 7) is 2.01. The second-order valence-electron chi connectivity index (χ2n) is 6.66. The number of aryl methyl sites for hydroxylation is 1. The first-order valence-corrected chi connectivity index (χ1v) is 9.26. The lowest BCUT2D eigenvalue weighted by molar-refractivity contribution is 0.0955. The van der Waals surface area contributed by atoms with Crippen molar-refractivity contribution in [3.05, 3.63) is 102 Å². The number of hydrogen-bond acceptors (Lipinski definition) is 4. The number of carbonyl (C=O) groups excluding carboxylic acids is 1. The lowest BCUT2D eigenvalue weighted by Crippen LogP contribution is -2.17. The van der Waals surface area contributed by atoms with E-state index in [1.54, 1.807) is 53.8 Å². The molecule has 0 bridgehead atoms. The summed E-state index contributed by atoms with van der Waals surface area (Å²) in [6.07, 6.45) is 6.41. The standard InChI is InChI=1S/C23H18FN5O/c1-16-2-4-17(5-3-16)22-19(14-26-27-23(30)18-10-12-25-13-11-18)15-29(28-22)21-8-6-20(24)7-9-21/h2-15H,1H3,(H,27,30)/b26-14-. The molecular formula is C23H18FN5O. The highest BCUT2D eigenvalue weighted by atomic mass is 19.1. The number of rotatable bonds is 5. The number of amides is 1. The van der Waals surface area contributed by atoms with Crippen LogP contribution in [0.5, 0.6) is 0 Å². The molecule has 0 unspecified atom stereocenters. The number of carbonyl (C=O) groups is 1. The maximum Gasteiger partial charge on any atom is 0.271 e. The molecule has 0 radical (unpaired) electrons. The third-order valence-electron chi connectivity index (χ3n) is 4.47. The molecule has 148 valence electrons. The number of nitrogens with one attached hydrogen (secondary N) is 1. The van der Waals surface area contributed by atoms with E-state index in [4.69, 9.17) is 0 Å². The van der Waals surface area contributed by atoms with Gasteiger partial charge in [0.05, 0.1) is 11.9 Å². The molecule has 0 saturated heterocycles. The van der Waals surface area contributed by atoms with Gasteiger partial charge in [-0.2, -0.15) is 10.2 Å². The molecule has 0 atom stereocenters. The number of hydrogen-bond donors (Lipinski definition) is 1. The Morgan fingerprint density at radius 2 is 1.73 bits per heavy atom. The fraction of sp³-hybridized carbons (Fsp3) is 0.0435. The average Bonchev–Trinajstić information content (AvgIpc) is 3.19. The molecule has 0 fully saturated rings. The Balaban J connectivity index is 1.65. The summed E-state index contributed by atoms with van der Waals surface area (Å²) in [4.78, 5) is 16.1. The van der Waals surface area contributed by atoms with Crippen LogP contribution < -0.4 is 5.43 Å². The van der Waals surface area contributed by atoms with Crippen molar-refractivity contribution >= 4 is 12.1 Å². The van der Waals surface area contributed by atoms with Crippen LogP contribution in [0.25, 0.3) is 16.9 Å². The molecule has 2 aromatic carbocycles. The van der Waals surface area contributed by atoms with Crippen molar-refractivity contribution in [3.63, 3.8) is 0 Å². The van der Waals surface area contributed by atoms with Gasteiger partial charge in [0.25, 0.3) is 5.91 Å². The summed E-state index contributed by atoms with van der Waals surface area (Å²) in [5.41, 5.74) is 7.13. The van der Waals surface area contributed by atoms with E-state index in [0.717, 1.165) is 11.1 Å². The minimum absolute atomic E-state index is 0.315. The number of benzene rings is 2. The summed E-state index contributed by atoms with van der Waals surface area (Å²) in [5, 5.41) is 8.73. The van der Waals surface area contributed by atoms with Crippen LogP contribution in [0.2, 0.25) is 0 Å². The first-order chi connectivity index (χ1) is 14.6. The van der Waals surface area contributed by atoms with Gasteiger partial charge in [0.15, 0.2) is 0 Å². The molecule has 4 aromatic rings. The Bertz CT molecular complexity index is 1180. The molecule has 6 nitrogen and oxygen atoms in total. The Morgan fingerprint density at radius 3 is 2.43 bits per heavy atom. The van der Waals surface area contributed by atoms with E-state index in [-0.39, 0.29) is 11.7 Å². The van der Waals surface area contributed by atoms with E-state index in [9.17, 15) is 9.18 Å². The van der Waals surface area contributed by atoms with Crippen molar-refractivity contribution < 1.29 is 9.18 Å². The van der Waals surface area contributed by atoms with Gasteiger partial charge in [-0.05, 0) is 43.3 Å². The van der Waals surface area contributed by atoms with Crippen LogP contribution in [0.1, 0.15) is 21.5 Å². The second kappa shape index (κ2) is 8.48. The van der Waals surface area contributed by atoms with E-state index >= 15 is 0 Å². The van der Waals surface area contributed by atoms with E-state index in [0.29, 0.717) is 22.5 Å². The van der Waals surface area contributed by atoms with Crippen LogP contribution in [0.15, 0.2) is 84.4 Å². The highest BCUT2D eigenvalue weighted by Crippen LogP contribution is 2.23. The molecule has 2 heterocycles. The fourth-order valence-electron chi connectivity index (χ4n) is 2.87. The maximum absolute atomic E-state index is 13.3. The molecule has 2 aromatic heterocycles. The predicted molar refractivity (Wildman–Crippen MR) is 113 cm³/mol. The van der Waals surface area contributed by atoms with E-state index in [1.807, 2.05) is 31.2 Å². The largest absolute Gasteiger partial charge is 0.271 e. The van der Waals surface area contributed by atoms with Crippen LogP contribution in [0.4, 0.5) is 4.39 Å². The second-order valence-corrected chi connectivity index (χ2v) is 6.66. The highest BCUT2D eigenvalue weighted by Gasteiger charge is 2.12. The van der Waals surface area contributed by atoms with E-state index in [1.165, 1.54) is 12.1 Å². The Hall–Kier alpha value is -4.13. The molecule has 0 aliphatic carbocycles. The van der Waals surface area contributed by atoms with Crippen molar-refractivity contribution in [1.29, 1.82) is 0 Å². The lowest BCUT2D eigenvalue weighted by atomic mass is 10.1. The molecular weight excluding hydrogens is 381 g/mol. The summed E-state index contributed by atoms with van der Waals surface area (Å²) in [5.74, 6) is -0.651. The first-order valence-electron chi connectivity index (χ1n) is 9.26. The monoisotopic (exact) mass is 399 g/mol. The SMILES string of the molecule is Cc1ccc(-c2nn(-c3ccc(F)cc3)cc2/C=N\NC(=O)c2ccncc2)cc1. The summed E-state index contributed by atoms with van der Waals surface area (Å²) in [6, 6.07) is 17.2. The zero-order valence-corrected chi connectivity index (χ0v) is 16.2. The van der Waals surface area contributed by atoms with Gasteiger partial charge in [0.1, 0.15) is 11.5 Å². The van der Waals surface area contributed by atoms with Gasteiger partial charge in [0.2, 0.25) is 0 Å². The van der Waals surface area contributed by atoms with Crippen molar-refractivity contribution in [2.45, 2.75) is 6.92 Å². The number of aromatic nitrogens is 3. The zero-order valence-electron chi connectivity index (χ0n) is 16.2. The minimum atomic E-state index is -0.337. The third kappa shape index (κ3) is 4.30. The Labute approximate surface area is 172 Å². The van der Waals surface area contributed by atoms with Crippen LogP contribution in [0, 0.1) is 12.7 Å². The highest BCUT2D eigenvalue weighted by molar-refractivity contribution is 5.95. The maximum atomic E-state index is 13.3. The van der Waals surface area contributed by atoms with E-state index in [2.05, 4.69) is 20.6 Å². The lowest BCUT2D eigenvalue weighted by Gasteiger charge is -2.01. The normalized spacial score (nSPS) is 11.0. The number of halogens is 1. The van der Waals surface area contributed by atoms with Gasteiger partial charge in [-0.25, -0.2) is 14.5 Å². The van der Waals surface area contributed by atoms with Crippen molar-refractivity contribution in [2.75, 3.05) is 0 Å². The summed E-state index contributed by atoms with van der Waals surface area (Å²) >= 11 is 0. The molecule has 0 aliphatic heterocycles. The topological polar surface area (TPSA) is 72.2 Å². The Kier molecular flexibility index (Phi) is 5.43. The van der Waals surface area contributed by atoms with Crippen LogP contribution >= 0.6 is 0 Å². The van der Waals surface area contributed by atoms with Crippen LogP contribution in [-0.4, -0.2) is 26.9 Å². The molecule has 0 aliphatic rings. The van der Waals surface area contributed by atoms with Gasteiger partial charge in [0, 0.05) is 35.3 Å². The van der Waals surface area contributed by atoms with Crippen LogP contribution in [-0.2, 0) is 0 Å². The van der Waals surface area contributed by atoms with Gasteiger partial charge in [-0.15, -0.1) is 0 Å². The molecule has 30 heavy (non-hydrogen) atoms. The molecule has 0 saturated carbocycles. The molecule has 4 rings (SSSR count). The number of pyridine rings is 1. The predicted octanol–water partition coefficient (Wildman–Crippen LogP) is 4.15. The van der Waals surface area contributed by atoms with Gasteiger partial charge < -0.3 is 0 Å². The van der Waals surface area contributed by atoms with Crippen LogP contribution in [0.3, 0.4) is 0 Å². The van der Waals surface area contributed by atoms with Gasteiger partial charge in [-0.1, -0.05) is 29.8 Å². The fourth-order valence-corrected chi connectivity index (χ4v) is 2.87. The molecule has 7 heteroatoms. The minimum Gasteiger partial charge on any atom is -0.267 e. The summed E-state index contributed by atoms with van der Waals surface area (Å²) < 4.78 is 14.9. The molecule has 1 N–H and O–H groups in total. The van der Waals surface area contributed by atoms with Crippen molar-refractivity contribution in [2.24, 2.45) is 5.10 Å². The van der Waals surface area contributed by atoms with Gasteiger partial charge in [-0.3, -0.25) is 9.78 Å². The Morgan fingerprint density at radius 1 is 1.03 bits per heavy atom. The quantitative estimate of drug-likeness (QED) is 0.405. The van der Waals surface area contributed by atoms with Gasteiger partial charge >= 0.3 is 0 Å². The first kappa shape index (κ1) is 19.2. The number of hydrazone groups is 1. The average molecular weight is 399 g/mol. The molecule has 1 amide bonds. The molecule has 0 spiro atoms. The zero-order chi connectivity index (χ0) is 20.9. The third-order valence-corrected chi connectivity index (χ3v) is 4.47. The smallest absolute Gasteiger partial charge is 0.267 e. The van der Waals surface area contributed by atoms with Crippen molar-refractivity contribution in [1.82, 2.24) is 20.2 Å². The van der Waals surface area contributed by atoms with E-state index < -0.39 is 0 Å². The number of nitrogens with zero attached hydrogens (tertiary/aromatic N) is 4.